The Hall–Kier alpha value is -5.07. The van der Waals surface area contributed by atoms with Crippen LogP contribution < -0.4 is 25.8 Å². The summed E-state index contributed by atoms with van der Waals surface area (Å²) in [5.74, 6) is -1.18. The van der Waals surface area contributed by atoms with Gasteiger partial charge in [-0.15, -0.1) is 0 Å². The normalized spacial score (nSPS) is 15.0. The van der Waals surface area contributed by atoms with E-state index >= 15 is 4.39 Å². The lowest BCUT2D eigenvalue weighted by molar-refractivity contribution is -0.111. The van der Waals surface area contributed by atoms with Gasteiger partial charge in [-0.2, -0.15) is 0 Å². The highest BCUT2D eigenvalue weighted by Gasteiger charge is 2.18. The number of carbonyl (C=O) groups excluding carboxylic acids is 1. The molecule has 45 heavy (non-hydrogen) atoms. The predicted molar refractivity (Wildman–Crippen MR) is 172 cm³/mol. The van der Waals surface area contributed by atoms with Crippen LogP contribution in [0.5, 0.6) is 0 Å². The number of benzene rings is 3. The molecule has 0 spiro atoms. The molecule has 0 atom stereocenters. The maximum absolute atomic E-state index is 15.2. The Balaban J connectivity index is 1.33. The minimum atomic E-state index is -0.579. The monoisotopic (exact) mass is 613 g/mol. The molecule has 3 N–H and O–H groups in total. The van der Waals surface area contributed by atoms with Crippen LogP contribution in [-0.4, -0.2) is 68.5 Å². The molecule has 0 unspecified atom stereocenters. The van der Waals surface area contributed by atoms with E-state index in [0.717, 1.165) is 30.5 Å². The lowest BCUT2D eigenvalue weighted by Gasteiger charge is -2.29. The Bertz CT molecular complexity index is 1690. The summed E-state index contributed by atoms with van der Waals surface area (Å²) in [4.78, 5) is 25.4. The molecule has 2 aliphatic heterocycles. The van der Waals surface area contributed by atoms with Crippen molar-refractivity contribution in [3.05, 3.63) is 91.1 Å². The van der Waals surface area contributed by atoms with E-state index < -0.39 is 11.7 Å². The Labute approximate surface area is 259 Å². The van der Waals surface area contributed by atoms with E-state index in [1.54, 1.807) is 24.4 Å². The van der Waals surface area contributed by atoms with E-state index in [0.29, 0.717) is 67.8 Å². The van der Waals surface area contributed by atoms with E-state index in [2.05, 4.69) is 32.4 Å². The highest BCUT2D eigenvalue weighted by Crippen LogP contribution is 2.34. The van der Waals surface area contributed by atoms with Crippen molar-refractivity contribution in [1.29, 1.82) is 0 Å². The minimum absolute atomic E-state index is 0.230. The Kier molecular flexibility index (Phi) is 9.13. The average molecular weight is 614 g/mol. The molecule has 0 radical (unpaired) electrons. The zero-order valence-electron chi connectivity index (χ0n) is 24.6. The summed E-state index contributed by atoms with van der Waals surface area (Å²) >= 11 is 0. The Morgan fingerprint density at radius 2 is 1.58 bits per heavy atom. The van der Waals surface area contributed by atoms with Crippen LogP contribution in [-0.2, 0) is 14.3 Å². The van der Waals surface area contributed by atoms with Gasteiger partial charge in [0, 0.05) is 54.5 Å². The van der Waals surface area contributed by atoms with Crippen LogP contribution in [0, 0.1) is 11.6 Å². The highest BCUT2D eigenvalue weighted by atomic mass is 19.1. The number of carbonyl (C=O) groups is 1. The van der Waals surface area contributed by atoms with Gasteiger partial charge in [0.05, 0.1) is 49.7 Å². The third-order valence-electron chi connectivity index (χ3n) is 7.47. The number of nitrogens with one attached hydrogen (secondary N) is 3. The van der Waals surface area contributed by atoms with Crippen molar-refractivity contribution in [2.75, 3.05) is 78.4 Å². The molecule has 1 aromatic heterocycles. The summed E-state index contributed by atoms with van der Waals surface area (Å²) in [6.07, 6.45) is 2.65. The first-order valence-electron chi connectivity index (χ1n) is 14.7. The predicted octanol–water partition coefficient (Wildman–Crippen LogP) is 5.71. The van der Waals surface area contributed by atoms with Crippen LogP contribution in [0.25, 0.3) is 11.3 Å². The summed E-state index contributed by atoms with van der Waals surface area (Å²) in [7, 11) is 0. The molecule has 6 rings (SSSR count). The Morgan fingerprint density at radius 3 is 2.31 bits per heavy atom. The smallest absolute Gasteiger partial charge is 0.247 e. The number of hydrogen-bond donors (Lipinski definition) is 3. The molecule has 0 aliphatic carbocycles. The van der Waals surface area contributed by atoms with E-state index in [-0.39, 0.29) is 17.5 Å². The van der Waals surface area contributed by atoms with Crippen molar-refractivity contribution in [3.63, 3.8) is 0 Å². The molecular weight excluding hydrogens is 580 g/mol. The number of rotatable bonds is 9. The van der Waals surface area contributed by atoms with Gasteiger partial charge < -0.3 is 35.2 Å². The van der Waals surface area contributed by atoms with Crippen molar-refractivity contribution in [3.8, 4) is 11.3 Å². The lowest BCUT2D eigenvalue weighted by atomic mass is 10.1. The largest absolute Gasteiger partial charge is 0.378 e. The Morgan fingerprint density at radius 1 is 0.844 bits per heavy atom. The number of amides is 1. The van der Waals surface area contributed by atoms with Gasteiger partial charge in [-0.25, -0.2) is 18.7 Å². The quantitative estimate of drug-likeness (QED) is 0.205. The molecule has 2 fully saturated rings. The molecule has 1 amide bonds. The van der Waals surface area contributed by atoms with Crippen molar-refractivity contribution in [1.82, 2.24) is 9.97 Å². The minimum Gasteiger partial charge on any atom is -0.378 e. The molecule has 12 heteroatoms. The number of aromatic nitrogens is 2. The first-order chi connectivity index (χ1) is 21.9. The summed E-state index contributed by atoms with van der Waals surface area (Å²) in [5.41, 5.74) is 4.11. The van der Waals surface area contributed by atoms with Gasteiger partial charge in [0.25, 0.3) is 0 Å². The molecular formula is C33H33F2N7O3. The van der Waals surface area contributed by atoms with Crippen LogP contribution in [0.2, 0.25) is 0 Å². The van der Waals surface area contributed by atoms with Gasteiger partial charge in [-0.1, -0.05) is 12.6 Å². The molecule has 2 aliphatic rings. The fourth-order valence-electron chi connectivity index (χ4n) is 5.28. The number of halogens is 2. The van der Waals surface area contributed by atoms with Gasteiger partial charge >= 0.3 is 0 Å². The number of nitrogens with zero attached hydrogens (tertiary/aromatic N) is 4. The molecule has 3 aromatic carbocycles. The summed E-state index contributed by atoms with van der Waals surface area (Å²) < 4.78 is 40.9. The van der Waals surface area contributed by atoms with Crippen molar-refractivity contribution in [2.45, 2.75) is 0 Å². The maximum Gasteiger partial charge on any atom is 0.247 e. The molecule has 0 bridgehead atoms. The summed E-state index contributed by atoms with van der Waals surface area (Å²) in [6, 6.07) is 16.9. The number of hydrogen-bond acceptors (Lipinski definition) is 9. The average Bonchev–Trinajstić information content (AvgIpc) is 3.06. The van der Waals surface area contributed by atoms with Crippen LogP contribution >= 0.6 is 0 Å². The second-order valence-corrected chi connectivity index (χ2v) is 10.5. The molecule has 0 saturated carbocycles. The second kappa shape index (κ2) is 13.7. The zero-order chi connectivity index (χ0) is 31.2. The fourth-order valence-corrected chi connectivity index (χ4v) is 5.28. The SMILES string of the molecule is C=CC(=O)Nc1cc(F)cc(-c2nc(Nc3cccc(N4CCOCC4)c3)ncc2Nc2ccc(N3CCOCC3)c(F)c2)c1. The zero-order valence-corrected chi connectivity index (χ0v) is 24.6. The lowest BCUT2D eigenvalue weighted by Crippen LogP contribution is -2.36. The topological polar surface area (TPSA) is 104 Å². The highest BCUT2D eigenvalue weighted by molar-refractivity contribution is 5.99. The van der Waals surface area contributed by atoms with E-state index in [1.807, 2.05) is 29.2 Å². The van der Waals surface area contributed by atoms with Crippen LogP contribution in [0.3, 0.4) is 0 Å². The summed E-state index contributed by atoms with van der Waals surface area (Å²) in [6.45, 7) is 8.68. The second-order valence-electron chi connectivity index (χ2n) is 10.5. The maximum atomic E-state index is 15.2. The third kappa shape index (κ3) is 7.36. The van der Waals surface area contributed by atoms with Gasteiger partial charge in [-0.05, 0) is 60.7 Å². The van der Waals surface area contributed by atoms with E-state index in [9.17, 15) is 9.18 Å². The van der Waals surface area contributed by atoms with Crippen molar-refractivity contribution < 1.29 is 23.0 Å². The van der Waals surface area contributed by atoms with Gasteiger partial charge in [-0.3, -0.25) is 4.79 Å². The standard InChI is InChI=1S/C33H33F2N7O3/c1-2-31(43)38-26-17-22(16-23(34)18-26)32-29(37-25-6-7-30(28(35)20-25)42-10-14-45-15-11-42)21-36-33(40-32)39-24-4-3-5-27(19-24)41-8-12-44-13-9-41/h2-7,16-21,37H,1,8-15H2,(H,38,43)(H,36,39,40). The van der Waals surface area contributed by atoms with E-state index in [4.69, 9.17) is 14.5 Å². The number of morpholine rings is 2. The van der Waals surface area contributed by atoms with Crippen molar-refractivity contribution >= 4 is 46.0 Å². The summed E-state index contributed by atoms with van der Waals surface area (Å²) in [5, 5.41) is 9.04. The van der Waals surface area contributed by atoms with Crippen LogP contribution in [0.1, 0.15) is 0 Å². The number of ether oxygens (including phenoxy) is 2. The van der Waals surface area contributed by atoms with Crippen LogP contribution in [0.15, 0.2) is 79.5 Å². The van der Waals surface area contributed by atoms with Gasteiger partial charge in [0.15, 0.2) is 0 Å². The third-order valence-corrected chi connectivity index (χ3v) is 7.47. The number of anilines is 7. The van der Waals surface area contributed by atoms with Gasteiger partial charge in [0.1, 0.15) is 11.6 Å². The fraction of sp³-hybridized carbons (Fsp3) is 0.242. The molecule has 4 aromatic rings. The molecule has 2 saturated heterocycles. The first kappa shape index (κ1) is 30.0. The molecule has 232 valence electrons. The van der Waals surface area contributed by atoms with Crippen LogP contribution in [0.4, 0.5) is 48.9 Å². The molecule has 10 nitrogen and oxygen atoms in total. The first-order valence-corrected chi connectivity index (χ1v) is 14.7. The van der Waals surface area contributed by atoms with Gasteiger partial charge in [0.2, 0.25) is 11.9 Å². The molecule has 3 heterocycles. The van der Waals surface area contributed by atoms with Crippen molar-refractivity contribution in [2.24, 2.45) is 0 Å². The van der Waals surface area contributed by atoms with E-state index in [1.165, 1.54) is 18.2 Å².